The Balaban J connectivity index is 0.000000379. The van der Waals surface area contributed by atoms with Gasteiger partial charge in [-0.1, -0.05) is 30.3 Å². The molecule has 1 heterocycles. The molecule has 34 heavy (non-hydrogen) atoms. The van der Waals surface area contributed by atoms with Crippen LogP contribution in [0, 0.1) is 24.2 Å². The highest BCUT2D eigenvalue weighted by Gasteiger charge is 2.32. The Bertz CT molecular complexity index is 1160. The van der Waals surface area contributed by atoms with Gasteiger partial charge in [-0.2, -0.15) is 18.4 Å². The molecule has 0 bridgehead atoms. The number of amides is 1. The SMILES string of the molecule is CN(C)c1ccncc1.Cc1ccccc1NC(=O)C(C#N)C(=O)c1ccc(C(F)(F)F)cc1. The number of benzene rings is 2. The number of hydrogen-bond acceptors (Lipinski definition) is 5. The lowest BCUT2D eigenvalue weighted by molar-refractivity contribution is -0.137. The maximum atomic E-state index is 12.6. The smallest absolute Gasteiger partial charge is 0.378 e. The summed E-state index contributed by atoms with van der Waals surface area (Å²) in [6.07, 6.45) is -0.955. The molecule has 0 spiro atoms. The summed E-state index contributed by atoms with van der Waals surface area (Å²) in [7, 11) is 4.02. The summed E-state index contributed by atoms with van der Waals surface area (Å²) in [4.78, 5) is 30.4. The van der Waals surface area contributed by atoms with Crippen LogP contribution in [-0.4, -0.2) is 30.8 Å². The fourth-order valence-corrected chi connectivity index (χ4v) is 2.79. The number of Topliss-reactive ketones (excluding diaryl/α,β-unsaturated/α-hetero) is 1. The highest BCUT2D eigenvalue weighted by atomic mass is 19.4. The number of alkyl halides is 3. The van der Waals surface area contributed by atoms with Crippen molar-refractivity contribution in [2.24, 2.45) is 5.92 Å². The Kier molecular flexibility index (Phi) is 8.90. The fraction of sp³-hybridized carbons (Fsp3) is 0.200. The van der Waals surface area contributed by atoms with E-state index in [1.54, 1.807) is 49.7 Å². The second kappa shape index (κ2) is 11.6. The van der Waals surface area contributed by atoms with E-state index in [0.29, 0.717) is 5.69 Å². The van der Waals surface area contributed by atoms with Crippen molar-refractivity contribution in [3.63, 3.8) is 0 Å². The summed E-state index contributed by atoms with van der Waals surface area (Å²) in [5, 5.41) is 11.6. The zero-order valence-electron chi connectivity index (χ0n) is 18.8. The van der Waals surface area contributed by atoms with Gasteiger partial charge in [0.25, 0.3) is 0 Å². The molecule has 6 nitrogen and oxygen atoms in total. The predicted octanol–water partition coefficient (Wildman–Crippen LogP) is 5.12. The minimum absolute atomic E-state index is 0.139. The molecule has 1 N–H and O–H groups in total. The maximum Gasteiger partial charge on any atom is 0.416 e. The van der Waals surface area contributed by atoms with Crippen LogP contribution in [0.3, 0.4) is 0 Å². The number of para-hydroxylation sites is 1. The number of ketones is 1. The van der Waals surface area contributed by atoms with Crippen LogP contribution in [0.4, 0.5) is 24.5 Å². The van der Waals surface area contributed by atoms with E-state index in [-0.39, 0.29) is 5.56 Å². The molecule has 176 valence electrons. The van der Waals surface area contributed by atoms with Gasteiger partial charge in [-0.25, -0.2) is 0 Å². The lowest BCUT2D eigenvalue weighted by Gasteiger charge is -2.12. The van der Waals surface area contributed by atoms with E-state index in [9.17, 15) is 22.8 Å². The molecule has 0 saturated heterocycles. The van der Waals surface area contributed by atoms with E-state index in [0.717, 1.165) is 29.8 Å². The number of aromatic nitrogens is 1. The van der Waals surface area contributed by atoms with Crippen molar-refractivity contribution in [3.05, 3.63) is 89.7 Å². The van der Waals surface area contributed by atoms with Gasteiger partial charge in [-0.3, -0.25) is 14.6 Å². The highest BCUT2D eigenvalue weighted by Crippen LogP contribution is 2.29. The van der Waals surface area contributed by atoms with Crippen molar-refractivity contribution < 1.29 is 22.8 Å². The first-order valence-electron chi connectivity index (χ1n) is 10.1. The van der Waals surface area contributed by atoms with Gasteiger partial charge in [0.1, 0.15) is 0 Å². The second-order valence-electron chi connectivity index (χ2n) is 7.41. The van der Waals surface area contributed by atoms with Crippen molar-refractivity contribution in [1.29, 1.82) is 5.26 Å². The van der Waals surface area contributed by atoms with Crippen molar-refractivity contribution in [3.8, 4) is 6.07 Å². The molecule has 0 radical (unpaired) electrons. The largest absolute Gasteiger partial charge is 0.416 e. The number of aryl methyl sites for hydroxylation is 1. The van der Waals surface area contributed by atoms with Gasteiger partial charge in [0, 0.05) is 43.4 Å². The second-order valence-corrected chi connectivity index (χ2v) is 7.41. The molecule has 3 aromatic rings. The Labute approximate surface area is 195 Å². The number of pyridine rings is 1. The van der Waals surface area contributed by atoms with Crippen LogP contribution in [0.1, 0.15) is 21.5 Å². The summed E-state index contributed by atoms with van der Waals surface area (Å²) in [6, 6.07) is 15.7. The molecular formula is C25H23F3N4O2. The molecule has 0 aliphatic rings. The first-order valence-corrected chi connectivity index (χ1v) is 10.1. The molecule has 1 amide bonds. The number of halogens is 3. The first-order chi connectivity index (χ1) is 16.0. The number of nitrogens with one attached hydrogen (secondary N) is 1. The number of carbonyl (C=O) groups excluding carboxylic acids is 2. The summed E-state index contributed by atoms with van der Waals surface area (Å²) < 4.78 is 37.7. The summed E-state index contributed by atoms with van der Waals surface area (Å²) in [6.45, 7) is 1.74. The number of rotatable bonds is 5. The molecule has 3 rings (SSSR count). The first kappa shape index (κ1) is 26.1. The Morgan fingerprint density at radius 1 is 1.00 bits per heavy atom. The standard InChI is InChI=1S/C18H13F3N2O2.C7H10N2/c1-11-4-2-3-5-15(11)23-17(25)14(10-22)16(24)12-6-8-13(9-7-12)18(19,20)21;1-9(2)7-3-5-8-6-4-7/h2-9,14H,1H3,(H,23,25);3-6H,1-2H3. The molecule has 1 unspecified atom stereocenters. The zero-order chi connectivity index (χ0) is 25.3. The predicted molar refractivity (Wildman–Crippen MR) is 123 cm³/mol. The van der Waals surface area contributed by atoms with Crippen molar-refractivity contribution in [1.82, 2.24) is 4.98 Å². The third kappa shape index (κ3) is 7.17. The van der Waals surface area contributed by atoms with Crippen LogP contribution >= 0.6 is 0 Å². The van der Waals surface area contributed by atoms with Gasteiger partial charge in [0.15, 0.2) is 11.7 Å². The molecule has 9 heteroatoms. The third-order valence-electron chi connectivity index (χ3n) is 4.73. The van der Waals surface area contributed by atoms with Crippen molar-refractivity contribution in [2.75, 3.05) is 24.3 Å². The van der Waals surface area contributed by atoms with E-state index >= 15 is 0 Å². The van der Waals surface area contributed by atoms with Gasteiger partial charge in [0.2, 0.25) is 5.91 Å². The van der Waals surface area contributed by atoms with Crippen molar-refractivity contribution in [2.45, 2.75) is 13.1 Å². The Morgan fingerprint density at radius 2 is 1.59 bits per heavy atom. The van der Waals surface area contributed by atoms with Crippen LogP contribution in [0.2, 0.25) is 0 Å². The van der Waals surface area contributed by atoms with Gasteiger partial charge >= 0.3 is 6.18 Å². The average molecular weight is 468 g/mol. The van der Waals surface area contributed by atoms with Gasteiger partial charge in [-0.15, -0.1) is 0 Å². The monoisotopic (exact) mass is 468 g/mol. The fourth-order valence-electron chi connectivity index (χ4n) is 2.79. The average Bonchev–Trinajstić information content (AvgIpc) is 2.81. The Morgan fingerprint density at radius 3 is 2.06 bits per heavy atom. The number of nitrogens with zero attached hydrogens (tertiary/aromatic N) is 3. The number of hydrogen-bond donors (Lipinski definition) is 1. The lowest BCUT2D eigenvalue weighted by atomic mass is 9.97. The molecule has 0 aliphatic heterocycles. The van der Waals surface area contributed by atoms with Crippen molar-refractivity contribution >= 4 is 23.1 Å². The number of carbonyl (C=O) groups is 2. The number of nitriles is 1. The van der Waals surface area contributed by atoms with E-state index < -0.39 is 29.3 Å². The Hall–Kier alpha value is -4.19. The van der Waals surface area contributed by atoms with Crippen LogP contribution in [0.5, 0.6) is 0 Å². The molecule has 1 atom stereocenters. The third-order valence-corrected chi connectivity index (χ3v) is 4.73. The van der Waals surface area contributed by atoms with Gasteiger partial charge < -0.3 is 10.2 Å². The van der Waals surface area contributed by atoms with E-state index in [1.165, 1.54) is 5.69 Å². The summed E-state index contributed by atoms with van der Waals surface area (Å²) >= 11 is 0. The molecule has 0 saturated carbocycles. The normalized spacial score (nSPS) is 11.3. The maximum absolute atomic E-state index is 12.6. The summed E-state index contributed by atoms with van der Waals surface area (Å²) in [5.74, 6) is -3.35. The van der Waals surface area contributed by atoms with E-state index in [2.05, 4.69) is 10.3 Å². The minimum atomic E-state index is -4.53. The molecule has 0 aliphatic carbocycles. The van der Waals surface area contributed by atoms with Gasteiger partial charge in [0.05, 0.1) is 11.6 Å². The number of anilines is 2. The van der Waals surface area contributed by atoms with Crippen LogP contribution in [0.15, 0.2) is 73.1 Å². The van der Waals surface area contributed by atoms with E-state index in [1.807, 2.05) is 31.1 Å². The van der Waals surface area contributed by atoms with Crippen LogP contribution < -0.4 is 10.2 Å². The molecular weight excluding hydrogens is 445 g/mol. The molecule has 0 fully saturated rings. The molecule has 1 aromatic heterocycles. The van der Waals surface area contributed by atoms with Crippen LogP contribution in [-0.2, 0) is 11.0 Å². The van der Waals surface area contributed by atoms with E-state index in [4.69, 9.17) is 5.26 Å². The minimum Gasteiger partial charge on any atom is -0.378 e. The van der Waals surface area contributed by atoms with Crippen LogP contribution in [0.25, 0.3) is 0 Å². The molecule has 2 aromatic carbocycles. The zero-order valence-corrected chi connectivity index (χ0v) is 18.8. The highest BCUT2D eigenvalue weighted by molar-refractivity contribution is 6.15. The summed E-state index contributed by atoms with van der Waals surface area (Å²) in [5.41, 5.74) is 1.33. The van der Waals surface area contributed by atoms with Gasteiger partial charge in [-0.05, 0) is 42.8 Å². The quantitative estimate of drug-likeness (QED) is 0.415. The topological polar surface area (TPSA) is 86.1 Å². The lowest BCUT2D eigenvalue weighted by Crippen LogP contribution is -2.29.